The molecule has 7 aromatic carbocycles. The maximum Gasteiger partial charge on any atom is 0.227 e. The van der Waals surface area contributed by atoms with Crippen LogP contribution in [0.5, 0.6) is 0 Å². The van der Waals surface area contributed by atoms with Crippen molar-refractivity contribution in [2.45, 2.75) is 6.92 Å². The van der Waals surface area contributed by atoms with Gasteiger partial charge in [-0.2, -0.15) is 0 Å². The summed E-state index contributed by atoms with van der Waals surface area (Å²) in [5, 5.41) is 4.64. The number of rotatable bonds is 7. The summed E-state index contributed by atoms with van der Waals surface area (Å²) in [6.07, 6.45) is 4.22. The summed E-state index contributed by atoms with van der Waals surface area (Å²) < 4.78 is 9.14. The molecule has 4 heteroatoms. The zero-order chi connectivity index (χ0) is 33.6. The molecule has 0 fully saturated rings. The highest BCUT2D eigenvalue weighted by Crippen LogP contribution is 2.43. The lowest BCUT2D eigenvalue weighted by molar-refractivity contribution is 0.623. The molecule has 0 N–H and O–H groups in total. The van der Waals surface area contributed by atoms with Crippen molar-refractivity contribution in [3.8, 4) is 22.6 Å². The Kier molecular flexibility index (Phi) is 7.37. The highest BCUT2D eigenvalue weighted by Gasteiger charge is 2.21. The minimum absolute atomic E-state index is 0.614. The number of benzene rings is 7. The summed E-state index contributed by atoms with van der Waals surface area (Å²) in [7, 11) is 0. The predicted molar refractivity (Wildman–Crippen MR) is 213 cm³/mol. The molecular formula is C46H32N2OS. The first-order valence-electron chi connectivity index (χ1n) is 16.7. The fraction of sp³-hybridized carbons (Fsp3) is 0.0217. The van der Waals surface area contributed by atoms with Crippen LogP contribution in [0.15, 0.2) is 174 Å². The molecular weight excluding hydrogens is 629 g/mol. The van der Waals surface area contributed by atoms with E-state index in [1.165, 1.54) is 20.2 Å². The monoisotopic (exact) mass is 660 g/mol. The highest BCUT2D eigenvalue weighted by atomic mass is 32.1. The summed E-state index contributed by atoms with van der Waals surface area (Å²) in [6.45, 7) is 6.56. The van der Waals surface area contributed by atoms with E-state index in [2.05, 4.69) is 140 Å². The molecule has 0 atom stereocenters. The van der Waals surface area contributed by atoms with Crippen LogP contribution in [0.25, 0.3) is 70.7 Å². The maximum atomic E-state index is 6.59. The molecule has 3 nitrogen and oxygen atoms in total. The van der Waals surface area contributed by atoms with Gasteiger partial charge >= 0.3 is 0 Å². The van der Waals surface area contributed by atoms with Crippen LogP contribution in [0.1, 0.15) is 11.1 Å². The Balaban J connectivity index is 1.31. The van der Waals surface area contributed by atoms with E-state index in [9.17, 15) is 0 Å². The third-order valence-electron chi connectivity index (χ3n) is 9.43. The van der Waals surface area contributed by atoms with Gasteiger partial charge < -0.3 is 9.32 Å². The van der Waals surface area contributed by atoms with Crippen LogP contribution in [0.2, 0.25) is 0 Å². The lowest BCUT2D eigenvalue weighted by Crippen LogP contribution is -2.16. The number of nitrogens with zero attached hydrogens (tertiary/aromatic N) is 2. The number of aromatic nitrogens is 1. The second-order valence-corrected chi connectivity index (χ2v) is 13.5. The van der Waals surface area contributed by atoms with Crippen LogP contribution in [0.3, 0.4) is 0 Å². The molecule has 50 heavy (non-hydrogen) atoms. The number of thiophene rings is 1. The molecule has 238 valence electrons. The largest absolute Gasteiger partial charge is 0.435 e. The molecule has 9 rings (SSSR count). The minimum atomic E-state index is 0.614. The van der Waals surface area contributed by atoms with Crippen LogP contribution < -0.4 is 4.90 Å². The Morgan fingerprint density at radius 2 is 1.40 bits per heavy atom. The summed E-state index contributed by atoms with van der Waals surface area (Å²) >= 11 is 1.83. The summed E-state index contributed by atoms with van der Waals surface area (Å²) in [6, 6.07) is 53.3. The SMILES string of the molecule is C=C/C(=C\c1c(C)ccc2ccc3nc(-c4ccccc4)oc3c12)N(c1ccc2sc3ccccc3c2c1)c1ccccc1-c1ccccc1. The van der Waals surface area contributed by atoms with E-state index in [1.807, 2.05) is 53.8 Å². The van der Waals surface area contributed by atoms with Gasteiger partial charge in [0.2, 0.25) is 5.89 Å². The van der Waals surface area contributed by atoms with E-state index in [-0.39, 0.29) is 0 Å². The van der Waals surface area contributed by atoms with Crippen molar-refractivity contribution >= 4 is 70.8 Å². The van der Waals surface area contributed by atoms with Gasteiger partial charge in [-0.05, 0) is 89.7 Å². The predicted octanol–water partition coefficient (Wildman–Crippen LogP) is 13.4. The van der Waals surface area contributed by atoms with Crippen LogP contribution in [0, 0.1) is 6.92 Å². The zero-order valence-electron chi connectivity index (χ0n) is 27.5. The number of anilines is 2. The lowest BCUT2D eigenvalue weighted by Gasteiger charge is -2.29. The molecule has 2 aromatic heterocycles. The van der Waals surface area contributed by atoms with Gasteiger partial charge in [0.05, 0.1) is 5.69 Å². The lowest BCUT2D eigenvalue weighted by atomic mass is 9.97. The van der Waals surface area contributed by atoms with Gasteiger partial charge in [0.25, 0.3) is 0 Å². The fourth-order valence-electron chi connectivity index (χ4n) is 6.99. The first-order valence-corrected chi connectivity index (χ1v) is 17.6. The van der Waals surface area contributed by atoms with Crippen LogP contribution in [-0.2, 0) is 0 Å². The molecule has 0 aliphatic heterocycles. The Labute approximate surface area is 294 Å². The maximum absolute atomic E-state index is 6.59. The summed E-state index contributed by atoms with van der Waals surface area (Å²) in [5.74, 6) is 0.614. The fourth-order valence-corrected chi connectivity index (χ4v) is 8.08. The Morgan fingerprint density at radius 3 is 2.22 bits per heavy atom. The van der Waals surface area contributed by atoms with Crippen molar-refractivity contribution in [2.75, 3.05) is 4.90 Å². The molecule has 0 radical (unpaired) electrons. The third-order valence-corrected chi connectivity index (χ3v) is 10.6. The Morgan fingerprint density at radius 1 is 0.700 bits per heavy atom. The number of allylic oxidation sites excluding steroid dienone is 1. The van der Waals surface area contributed by atoms with Crippen molar-refractivity contribution in [3.63, 3.8) is 0 Å². The minimum Gasteiger partial charge on any atom is -0.435 e. The molecule has 0 bridgehead atoms. The van der Waals surface area contributed by atoms with Crippen LogP contribution in [0.4, 0.5) is 11.4 Å². The number of hydrogen-bond acceptors (Lipinski definition) is 4. The zero-order valence-corrected chi connectivity index (χ0v) is 28.3. The van der Waals surface area contributed by atoms with E-state index in [1.54, 1.807) is 0 Å². The number of para-hydroxylation sites is 1. The van der Waals surface area contributed by atoms with E-state index < -0.39 is 0 Å². The Bertz CT molecular complexity index is 2740. The van der Waals surface area contributed by atoms with Crippen molar-refractivity contribution in [3.05, 3.63) is 181 Å². The van der Waals surface area contributed by atoms with Gasteiger partial charge in [-0.25, -0.2) is 4.98 Å². The quantitative estimate of drug-likeness (QED) is 0.159. The molecule has 0 aliphatic carbocycles. The van der Waals surface area contributed by atoms with Crippen LogP contribution in [-0.4, -0.2) is 4.98 Å². The first-order chi connectivity index (χ1) is 24.7. The molecule has 2 heterocycles. The standard InChI is InChI=1S/C46H32N2OS/c1-3-34(28-38-30(2)22-23-32-24-26-40-45(44(32)38)49-46(47-40)33-16-8-5-9-17-33)48(41-20-12-10-18-36(41)31-14-6-4-7-15-31)35-25-27-43-39(29-35)37-19-11-13-21-42(37)50-43/h3-29H,1H2,2H3/b34-28+. The van der Waals surface area contributed by atoms with Gasteiger partial charge in [-0.3, -0.25) is 0 Å². The van der Waals surface area contributed by atoms with E-state index in [4.69, 9.17) is 9.40 Å². The number of aryl methyl sites for hydroxylation is 1. The molecule has 0 unspecified atom stereocenters. The molecule has 9 aromatic rings. The normalized spacial score (nSPS) is 11.9. The average molecular weight is 661 g/mol. The average Bonchev–Trinajstić information content (AvgIpc) is 3.78. The van der Waals surface area contributed by atoms with Crippen molar-refractivity contribution < 1.29 is 4.42 Å². The van der Waals surface area contributed by atoms with E-state index in [0.29, 0.717) is 5.89 Å². The van der Waals surface area contributed by atoms with E-state index in [0.717, 1.165) is 66.8 Å². The highest BCUT2D eigenvalue weighted by molar-refractivity contribution is 7.25. The number of fused-ring (bicyclic) bond motifs is 6. The van der Waals surface area contributed by atoms with Crippen molar-refractivity contribution in [1.82, 2.24) is 4.98 Å². The number of oxazole rings is 1. The third kappa shape index (κ3) is 5.09. The second kappa shape index (κ2) is 12.3. The van der Waals surface area contributed by atoms with Gasteiger partial charge in [-0.15, -0.1) is 11.3 Å². The van der Waals surface area contributed by atoms with Gasteiger partial charge in [0, 0.05) is 48.1 Å². The first kappa shape index (κ1) is 29.9. The van der Waals surface area contributed by atoms with Crippen molar-refractivity contribution in [1.29, 1.82) is 0 Å². The van der Waals surface area contributed by atoms with Gasteiger partial charge in [-0.1, -0.05) is 110 Å². The molecule has 0 saturated carbocycles. The second-order valence-electron chi connectivity index (χ2n) is 12.5. The Hall–Kier alpha value is -6.23. The van der Waals surface area contributed by atoms with E-state index >= 15 is 0 Å². The summed E-state index contributed by atoms with van der Waals surface area (Å²) in [5.41, 5.74) is 10.1. The van der Waals surface area contributed by atoms with Gasteiger partial charge in [0.1, 0.15) is 5.52 Å². The van der Waals surface area contributed by atoms with Gasteiger partial charge in [0.15, 0.2) is 5.58 Å². The van der Waals surface area contributed by atoms with Crippen molar-refractivity contribution in [2.24, 2.45) is 0 Å². The molecule has 0 saturated heterocycles. The molecule has 0 amide bonds. The van der Waals surface area contributed by atoms with Crippen LogP contribution >= 0.6 is 11.3 Å². The molecule has 0 aliphatic rings. The smallest absolute Gasteiger partial charge is 0.227 e. The number of hydrogen-bond donors (Lipinski definition) is 0. The summed E-state index contributed by atoms with van der Waals surface area (Å²) in [4.78, 5) is 7.25. The topological polar surface area (TPSA) is 29.3 Å². The molecule has 0 spiro atoms.